The van der Waals surface area contributed by atoms with Crippen molar-refractivity contribution in [3.8, 4) is 0 Å². The van der Waals surface area contributed by atoms with Gasteiger partial charge in [-0.3, -0.25) is 14.9 Å². The topological polar surface area (TPSA) is 113 Å². The quantitative estimate of drug-likeness (QED) is 0.401. The molecule has 2 aromatic rings. The molecule has 7 nitrogen and oxygen atoms in total. The lowest BCUT2D eigenvalue weighted by molar-refractivity contribution is -0.384. The van der Waals surface area contributed by atoms with Crippen LogP contribution in [0.15, 0.2) is 29.6 Å². The summed E-state index contributed by atoms with van der Waals surface area (Å²) >= 11 is 1.01. The van der Waals surface area contributed by atoms with Crippen molar-refractivity contribution in [2.24, 2.45) is 0 Å². The summed E-state index contributed by atoms with van der Waals surface area (Å²) in [6.45, 7) is 0. The van der Waals surface area contributed by atoms with Gasteiger partial charge in [0.2, 0.25) is 0 Å². The number of ether oxygens (including phenoxy) is 1. The Kier molecular flexibility index (Phi) is 3.99. The van der Waals surface area contributed by atoms with Crippen LogP contribution < -0.4 is 5.73 Å². The lowest BCUT2D eigenvalue weighted by Crippen LogP contribution is -2.10. The number of non-ortho nitro benzene ring substituents is 1. The van der Waals surface area contributed by atoms with Gasteiger partial charge in [0.15, 0.2) is 5.78 Å². The number of nitrogens with two attached hydrogens (primary N) is 1. The molecular weight excluding hydrogens is 296 g/mol. The third-order valence-corrected chi connectivity index (χ3v) is 3.74. The van der Waals surface area contributed by atoms with E-state index in [0.29, 0.717) is 0 Å². The van der Waals surface area contributed by atoms with Crippen molar-refractivity contribution in [3.63, 3.8) is 0 Å². The summed E-state index contributed by atoms with van der Waals surface area (Å²) < 4.78 is 4.60. The zero-order chi connectivity index (χ0) is 15.6. The summed E-state index contributed by atoms with van der Waals surface area (Å²) in [5.74, 6) is -1.13. The maximum absolute atomic E-state index is 12.4. The van der Waals surface area contributed by atoms with Gasteiger partial charge in [0.1, 0.15) is 4.88 Å². The highest BCUT2D eigenvalue weighted by molar-refractivity contribution is 7.13. The minimum Gasteiger partial charge on any atom is -0.465 e. The molecule has 0 saturated heterocycles. The van der Waals surface area contributed by atoms with Crippen LogP contribution in [0.2, 0.25) is 0 Å². The van der Waals surface area contributed by atoms with Gasteiger partial charge in [-0.15, -0.1) is 11.3 Å². The van der Waals surface area contributed by atoms with Gasteiger partial charge in [-0.2, -0.15) is 0 Å². The monoisotopic (exact) mass is 306 g/mol. The van der Waals surface area contributed by atoms with Crippen LogP contribution in [0.5, 0.6) is 0 Å². The number of esters is 1. The van der Waals surface area contributed by atoms with E-state index in [1.54, 1.807) is 0 Å². The second kappa shape index (κ2) is 5.71. The van der Waals surface area contributed by atoms with Crippen LogP contribution in [-0.4, -0.2) is 23.8 Å². The predicted octanol–water partition coefficient (Wildman–Crippen LogP) is 2.26. The van der Waals surface area contributed by atoms with Gasteiger partial charge in [0, 0.05) is 23.1 Å². The van der Waals surface area contributed by atoms with Gasteiger partial charge < -0.3 is 10.5 Å². The number of nitrogen functional groups attached to an aromatic ring is 1. The molecule has 1 heterocycles. The number of thiophene rings is 1. The number of ketones is 1. The zero-order valence-electron chi connectivity index (χ0n) is 10.9. The van der Waals surface area contributed by atoms with Crippen LogP contribution >= 0.6 is 11.3 Å². The van der Waals surface area contributed by atoms with E-state index in [1.807, 2.05) is 0 Å². The Morgan fingerprint density at radius 2 is 1.90 bits per heavy atom. The fourth-order valence-corrected chi connectivity index (χ4v) is 2.60. The van der Waals surface area contributed by atoms with E-state index in [2.05, 4.69) is 4.74 Å². The number of nitrogens with zero attached hydrogens (tertiary/aromatic N) is 1. The summed E-state index contributed by atoms with van der Waals surface area (Å²) in [5, 5.41) is 12.1. The molecule has 1 aromatic carbocycles. The summed E-state index contributed by atoms with van der Waals surface area (Å²) in [5.41, 5.74) is 6.03. The van der Waals surface area contributed by atoms with Crippen LogP contribution in [0.1, 0.15) is 25.6 Å². The van der Waals surface area contributed by atoms with E-state index in [9.17, 15) is 19.7 Å². The Hall–Kier alpha value is -2.74. The Labute approximate surface area is 123 Å². The molecular formula is C13H10N2O5S. The largest absolute Gasteiger partial charge is 0.465 e. The number of hydrogen-bond donors (Lipinski definition) is 1. The van der Waals surface area contributed by atoms with Crippen molar-refractivity contribution in [2.75, 3.05) is 12.8 Å². The first kappa shape index (κ1) is 14.7. The number of carbonyl (C=O) groups excluding carboxylic acids is 2. The normalized spacial score (nSPS) is 10.1. The molecule has 0 aliphatic rings. The molecule has 8 heteroatoms. The average Bonchev–Trinajstić information content (AvgIpc) is 2.87. The lowest BCUT2D eigenvalue weighted by Gasteiger charge is -2.03. The van der Waals surface area contributed by atoms with Crippen molar-refractivity contribution in [3.05, 3.63) is 55.8 Å². The van der Waals surface area contributed by atoms with E-state index < -0.39 is 16.7 Å². The minimum absolute atomic E-state index is 0.0562. The highest BCUT2D eigenvalue weighted by Gasteiger charge is 2.24. The third-order valence-electron chi connectivity index (χ3n) is 2.76. The van der Waals surface area contributed by atoms with Gasteiger partial charge in [-0.05, 0) is 12.1 Å². The molecule has 0 saturated carbocycles. The van der Waals surface area contributed by atoms with Crippen LogP contribution in [0.25, 0.3) is 0 Å². The minimum atomic E-state index is -0.651. The van der Waals surface area contributed by atoms with Gasteiger partial charge >= 0.3 is 5.97 Å². The first-order chi connectivity index (χ1) is 9.95. The van der Waals surface area contributed by atoms with Gasteiger partial charge in [-0.25, -0.2) is 4.79 Å². The fraction of sp³-hybridized carbons (Fsp3) is 0.0769. The number of anilines is 1. The number of carbonyl (C=O) groups is 2. The molecule has 2 N–H and O–H groups in total. The summed E-state index contributed by atoms with van der Waals surface area (Å²) in [4.78, 5) is 34.2. The molecule has 1 aromatic heterocycles. The molecule has 0 amide bonds. The Morgan fingerprint density at radius 3 is 2.43 bits per heavy atom. The molecule has 0 fully saturated rings. The summed E-state index contributed by atoms with van der Waals surface area (Å²) in [7, 11) is 1.21. The van der Waals surface area contributed by atoms with Crippen molar-refractivity contribution >= 4 is 34.5 Å². The van der Waals surface area contributed by atoms with Crippen LogP contribution in [-0.2, 0) is 4.74 Å². The highest BCUT2D eigenvalue weighted by atomic mass is 32.1. The number of hydrogen-bond acceptors (Lipinski definition) is 7. The molecule has 0 aliphatic heterocycles. The second-order valence-electron chi connectivity index (χ2n) is 4.02. The Morgan fingerprint density at radius 1 is 1.29 bits per heavy atom. The van der Waals surface area contributed by atoms with E-state index in [0.717, 1.165) is 11.3 Å². The molecule has 0 aliphatic carbocycles. The van der Waals surface area contributed by atoms with E-state index in [-0.39, 0.29) is 27.4 Å². The van der Waals surface area contributed by atoms with Crippen molar-refractivity contribution in [1.29, 1.82) is 0 Å². The van der Waals surface area contributed by atoms with Crippen molar-refractivity contribution in [2.45, 2.75) is 0 Å². The maximum atomic E-state index is 12.4. The zero-order valence-corrected chi connectivity index (χ0v) is 11.7. The molecule has 0 bridgehead atoms. The third kappa shape index (κ3) is 2.75. The second-order valence-corrected chi connectivity index (χ2v) is 4.90. The number of benzene rings is 1. The van der Waals surface area contributed by atoms with E-state index in [1.165, 1.54) is 36.8 Å². The van der Waals surface area contributed by atoms with Crippen LogP contribution in [0.3, 0.4) is 0 Å². The first-order valence-electron chi connectivity index (χ1n) is 5.70. The highest BCUT2D eigenvalue weighted by Crippen LogP contribution is 2.28. The predicted molar refractivity (Wildman–Crippen MR) is 76.6 cm³/mol. The first-order valence-corrected chi connectivity index (χ1v) is 6.58. The molecule has 0 unspecified atom stereocenters. The molecule has 21 heavy (non-hydrogen) atoms. The fourth-order valence-electron chi connectivity index (χ4n) is 1.73. The molecule has 0 spiro atoms. The summed E-state index contributed by atoms with van der Waals surface area (Å²) in [6.07, 6.45) is 0. The standard InChI is InChI=1S/C13H10N2O5S/c1-20-13(17)12-10(9(14)6-21-12)11(16)7-2-4-8(5-3-7)15(18)19/h2-6H,14H2,1H3. The van der Waals surface area contributed by atoms with Crippen LogP contribution in [0, 0.1) is 10.1 Å². The number of rotatable bonds is 4. The summed E-state index contributed by atoms with van der Waals surface area (Å²) in [6, 6.07) is 5.07. The maximum Gasteiger partial charge on any atom is 0.348 e. The number of nitro benzene ring substituents is 1. The van der Waals surface area contributed by atoms with Gasteiger partial charge in [0.25, 0.3) is 5.69 Å². The van der Waals surface area contributed by atoms with Crippen molar-refractivity contribution < 1.29 is 19.2 Å². The molecule has 0 radical (unpaired) electrons. The molecule has 108 valence electrons. The lowest BCUT2D eigenvalue weighted by atomic mass is 10.0. The van der Waals surface area contributed by atoms with Crippen LogP contribution in [0.4, 0.5) is 11.4 Å². The Bertz CT molecular complexity index is 721. The van der Waals surface area contributed by atoms with Crippen molar-refractivity contribution in [1.82, 2.24) is 0 Å². The number of methoxy groups -OCH3 is 1. The van der Waals surface area contributed by atoms with E-state index >= 15 is 0 Å². The van der Waals surface area contributed by atoms with Gasteiger partial charge in [-0.1, -0.05) is 0 Å². The SMILES string of the molecule is COC(=O)c1scc(N)c1C(=O)c1ccc([N+](=O)[O-])cc1. The molecule has 2 rings (SSSR count). The van der Waals surface area contributed by atoms with E-state index in [4.69, 9.17) is 5.73 Å². The number of nitro groups is 1. The Balaban J connectivity index is 2.42. The van der Waals surface area contributed by atoms with Gasteiger partial charge in [0.05, 0.1) is 23.3 Å². The smallest absolute Gasteiger partial charge is 0.348 e. The average molecular weight is 306 g/mol. The molecule has 0 atom stereocenters.